The Morgan fingerprint density at radius 1 is 1.35 bits per heavy atom. The number of carbonyl (C=O) groups excluding carboxylic acids is 1. The monoisotopic (exact) mass is 284 g/mol. The van der Waals surface area contributed by atoms with Crippen LogP contribution in [0.5, 0.6) is 0 Å². The molecule has 1 amide bonds. The van der Waals surface area contributed by atoms with Crippen LogP contribution in [0.4, 0.5) is 0 Å². The predicted molar refractivity (Wildman–Crippen MR) is 78.4 cm³/mol. The van der Waals surface area contributed by atoms with Gasteiger partial charge in [0.2, 0.25) is 5.91 Å². The van der Waals surface area contributed by atoms with E-state index in [1.807, 2.05) is 27.7 Å². The molecule has 5 nitrogen and oxygen atoms in total. The van der Waals surface area contributed by atoms with Gasteiger partial charge in [0.1, 0.15) is 0 Å². The Kier molecular flexibility index (Phi) is 5.99. The molecule has 0 radical (unpaired) electrons. The van der Waals surface area contributed by atoms with Gasteiger partial charge >= 0.3 is 5.97 Å². The van der Waals surface area contributed by atoms with Gasteiger partial charge in [-0.15, -0.1) is 0 Å². The summed E-state index contributed by atoms with van der Waals surface area (Å²) in [5.74, 6) is -0.855. The lowest BCUT2D eigenvalue weighted by molar-refractivity contribution is -0.142. The molecule has 3 unspecified atom stereocenters. The molecule has 0 bridgehead atoms. The average Bonchev–Trinajstić information content (AvgIpc) is 2.83. The Balaban J connectivity index is 2.41. The number of carbonyl (C=O) groups is 2. The molecule has 0 aromatic rings. The van der Waals surface area contributed by atoms with E-state index in [1.54, 1.807) is 0 Å². The highest BCUT2D eigenvalue weighted by atomic mass is 16.4. The Hall–Kier alpha value is -1.10. The van der Waals surface area contributed by atoms with Gasteiger partial charge in [-0.05, 0) is 52.5 Å². The largest absolute Gasteiger partial charge is 0.481 e. The van der Waals surface area contributed by atoms with Crippen LogP contribution in [0, 0.1) is 11.8 Å². The topological polar surface area (TPSA) is 78.4 Å². The van der Waals surface area contributed by atoms with E-state index < -0.39 is 5.97 Å². The van der Waals surface area contributed by atoms with Crippen molar-refractivity contribution in [2.24, 2.45) is 11.8 Å². The first-order valence-corrected chi connectivity index (χ1v) is 7.55. The van der Waals surface area contributed by atoms with E-state index >= 15 is 0 Å². The summed E-state index contributed by atoms with van der Waals surface area (Å²) in [5.41, 5.74) is -0.204. The molecule has 3 N–H and O–H groups in total. The summed E-state index contributed by atoms with van der Waals surface area (Å²) in [4.78, 5) is 23.2. The highest BCUT2D eigenvalue weighted by Crippen LogP contribution is 2.31. The quantitative estimate of drug-likeness (QED) is 0.666. The van der Waals surface area contributed by atoms with E-state index in [-0.39, 0.29) is 29.3 Å². The van der Waals surface area contributed by atoms with Crippen LogP contribution in [0.15, 0.2) is 0 Å². The molecule has 0 aromatic carbocycles. The fraction of sp³-hybridized carbons (Fsp3) is 0.867. The molecule has 0 saturated heterocycles. The van der Waals surface area contributed by atoms with Gasteiger partial charge in [-0.3, -0.25) is 9.59 Å². The lowest BCUT2D eigenvalue weighted by Gasteiger charge is -2.27. The van der Waals surface area contributed by atoms with Crippen LogP contribution in [0.1, 0.15) is 53.4 Å². The van der Waals surface area contributed by atoms with Gasteiger partial charge in [-0.1, -0.05) is 13.3 Å². The molecule has 0 aliphatic heterocycles. The maximum atomic E-state index is 12.0. The summed E-state index contributed by atoms with van der Waals surface area (Å²) < 4.78 is 0. The lowest BCUT2D eigenvalue weighted by Crippen LogP contribution is -2.51. The Labute approximate surface area is 121 Å². The molecule has 116 valence electrons. The second-order valence-corrected chi connectivity index (χ2v) is 6.49. The molecular formula is C15H28N2O3. The number of carboxylic acid groups (broad SMARTS) is 1. The first kappa shape index (κ1) is 17.0. The average molecular weight is 284 g/mol. The van der Waals surface area contributed by atoms with Crippen molar-refractivity contribution in [3.8, 4) is 0 Å². The summed E-state index contributed by atoms with van der Waals surface area (Å²) in [7, 11) is 0. The summed E-state index contributed by atoms with van der Waals surface area (Å²) in [6.45, 7) is 8.45. The number of hydrogen-bond donors (Lipinski definition) is 3. The predicted octanol–water partition coefficient (Wildman–Crippen LogP) is 1.77. The molecule has 1 aliphatic carbocycles. The summed E-state index contributed by atoms with van der Waals surface area (Å²) >= 11 is 0. The van der Waals surface area contributed by atoms with Crippen molar-refractivity contribution in [3.63, 3.8) is 0 Å². The third-order valence-corrected chi connectivity index (χ3v) is 4.40. The molecule has 0 spiro atoms. The maximum Gasteiger partial charge on any atom is 0.306 e. The maximum absolute atomic E-state index is 12.0. The molecule has 0 heterocycles. The van der Waals surface area contributed by atoms with Gasteiger partial charge < -0.3 is 15.7 Å². The van der Waals surface area contributed by atoms with Crippen molar-refractivity contribution in [2.75, 3.05) is 6.54 Å². The van der Waals surface area contributed by atoms with Gasteiger partial charge in [0.25, 0.3) is 0 Å². The zero-order valence-electron chi connectivity index (χ0n) is 13.0. The number of carboxylic acids is 1. The number of hydrogen-bond acceptors (Lipinski definition) is 3. The summed E-state index contributed by atoms with van der Waals surface area (Å²) in [6, 6.07) is -0.295. The van der Waals surface area contributed by atoms with E-state index in [9.17, 15) is 9.59 Å². The summed E-state index contributed by atoms with van der Waals surface area (Å²) in [5, 5.41) is 15.3. The van der Waals surface area contributed by atoms with Crippen molar-refractivity contribution < 1.29 is 14.7 Å². The molecular weight excluding hydrogens is 256 g/mol. The van der Waals surface area contributed by atoms with E-state index in [4.69, 9.17) is 5.11 Å². The molecule has 3 atom stereocenters. The number of amides is 1. The summed E-state index contributed by atoms with van der Waals surface area (Å²) in [6.07, 6.45) is 3.52. The molecule has 1 saturated carbocycles. The standard InChI is InChI=1S/C15H28N2O3/c1-5-15(3,4)17-13(18)10(2)16-9-11-7-6-8-12(11)14(19)20/h10-12,16H,5-9H2,1-4H3,(H,17,18)(H,19,20). The smallest absolute Gasteiger partial charge is 0.306 e. The van der Waals surface area contributed by atoms with E-state index in [2.05, 4.69) is 10.6 Å². The molecule has 1 fully saturated rings. The van der Waals surface area contributed by atoms with Gasteiger partial charge in [0.05, 0.1) is 12.0 Å². The number of nitrogens with one attached hydrogen (secondary N) is 2. The first-order chi connectivity index (χ1) is 9.26. The van der Waals surface area contributed by atoms with E-state index in [0.717, 1.165) is 25.7 Å². The van der Waals surface area contributed by atoms with E-state index in [0.29, 0.717) is 6.54 Å². The van der Waals surface area contributed by atoms with Crippen LogP contribution in [0.3, 0.4) is 0 Å². The highest BCUT2D eigenvalue weighted by Gasteiger charge is 2.33. The lowest BCUT2D eigenvalue weighted by atomic mass is 9.96. The van der Waals surface area contributed by atoms with Crippen LogP contribution in [-0.4, -0.2) is 35.1 Å². The SMILES string of the molecule is CCC(C)(C)NC(=O)C(C)NCC1CCCC1C(=O)O. The minimum atomic E-state index is -0.710. The fourth-order valence-corrected chi connectivity index (χ4v) is 2.56. The number of aliphatic carboxylic acids is 1. The van der Waals surface area contributed by atoms with Crippen LogP contribution in [0.2, 0.25) is 0 Å². The van der Waals surface area contributed by atoms with Gasteiger partial charge in [-0.25, -0.2) is 0 Å². The second kappa shape index (κ2) is 7.07. The first-order valence-electron chi connectivity index (χ1n) is 7.55. The van der Waals surface area contributed by atoms with Gasteiger partial charge in [0, 0.05) is 5.54 Å². The fourth-order valence-electron chi connectivity index (χ4n) is 2.56. The number of rotatable bonds is 7. The Bertz CT molecular complexity index is 355. The van der Waals surface area contributed by atoms with Gasteiger partial charge in [0.15, 0.2) is 0 Å². The zero-order chi connectivity index (χ0) is 15.3. The second-order valence-electron chi connectivity index (χ2n) is 6.49. The molecule has 20 heavy (non-hydrogen) atoms. The van der Waals surface area contributed by atoms with Crippen LogP contribution < -0.4 is 10.6 Å². The molecule has 5 heteroatoms. The minimum absolute atomic E-state index is 0.0262. The van der Waals surface area contributed by atoms with Crippen LogP contribution in [-0.2, 0) is 9.59 Å². The van der Waals surface area contributed by atoms with Crippen molar-refractivity contribution in [1.29, 1.82) is 0 Å². The molecule has 1 aliphatic rings. The third kappa shape index (κ3) is 4.78. The van der Waals surface area contributed by atoms with Crippen molar-refractivity contribution >= 4 is 11.9 Å². The highest BCUT2D eigenvalue weighted by molar-refractivity contribution is 5.82. The zero-order valence-corrected chi connectivity index (χ0v) is 13.0. The van der Waals surface area contributed by atoms with Crippen molar-refractivity contribution in [1.82, 2.24) is 10.6 Å². The minimum Gasteiger partial charge on any atom is -0.481 e. The van der Waals surface area contributed by atoms with Crippen molar-refractivity contribution in [3.05, 3.63) is 0 Å². The van der Waals surface area contributed by atoms with Crippen molar-refractivity contribution in [2.45, 2.75) is 65.0 Å². The van der Waals surface area contributed by atoms with Gasteiger partial charge in [-0.2, -0.15) is 0 Å². The van der Waals surface area contributed by atoms with Crippen LogP contribution in [0.25, 0.3) is 0 Å². The van der Waals surface area contributed by atoms with E-state index in [1.165, 1.54) is 0 Å². The normalized spacial score (nSPS) is 24.4. The molecule has 1 rings (SSSR count). The molecule has 0 aromatic heterocycles. The Morgan fingerprint density at radius 3 is 2.55 bits per heavy atom. The Morgan fingerprint density at radius 2 is 2.00 bits per heavy atom. The third-order valence-electron chi connectivity index (χ3n) is 4.40. The van der Waals surface area contributed by atoms with Crippen LogP contribution >= 0.6 is 0 Å².